The van der Waals surface area contributed by atoms with Crippen LogP contribution < -0.4 is 4.74 Å². The molecule has 6 heteroatoms. The fourth-order valence-corrected chi connectivity index (χ4v) is 4.25. The van der Waals surface area contributed by atoms with Gasteiger partial charge in [0.05, 0.1) is 31.1 Å². The molecule has 2 aromatic rings. The summed E-state index contributed by atoms with van der Waals surface area (Å²) in [5.41, 5.74) is 3.14. The predicted molar refractivity (Wildman–Crippen MR) is 105 cm³/mol. The van der Waals surface area contributed by atoms with Crippen LogP contribution in [0.4, 0.5) is 0 Å². The van der Waals surface area contributed by atoms with Gasteiger partial charge in [-0.3, -0.25) is 9.69 Å². The lowest BCUT2D eigenvalue weighted by atomic mass is 10.00. The van der Waals surface area contributed by atoms with Gasteiger partial charge in [-0.05, 0) is 38.1 Å². The summed E-state index contributed by atoms with van der Waals surface area (Å²) in [5, 5.41) is 0. The lowest BCUT2D eigenvalue weighted by molar-refractivity contribution is -0.139. The maximum absolute atomic E-state index is 13.1. The van der Waals surface area contributed by atoms with Gasteiger partial charge in [0.15, 0.2) is 0 Å². The van der Waals surface area contributed by atoms with E-state index < -0.39 is 0 Å². The van der Waals surface area contributed by atoms with Crippen LogP contribution in [0.5, 0.6) is 5.75 Å². The quantitative estimate of drug-likeness (QED) is 0.901. The molecule has 4 rings (SSSR count). The van der Waals surface area contributed by atoms with Crippen molar-refractivity contribution in [2.45, 2.75) is 45.2 Å². The molecule has 27 heavy (non-hydrogen) atoms. The van der Waals surface area contributed by atoms with Crippen LogP contribution in [0.1, 0.15) is 37.6 Å². The van der Waals surface area contributed by atoms with Crippen LogP contribution in [0.3, 0.4) is 0 Å². The fraction of sp³-hybridized carbons (Fsp3) is 0.524. The van der Waals surface area contributed by atoms with Crippen molar-refractivity contribution in [1.82, 2.24) is 19.8 Å². The second-order valence-corrected chi connectivity index (χ2v) is 7.39. The number of imidazole rings is 1. The number of ether oxygens (including phenoxy) is 1. The third kappa shape index (κ3) is 3.58. The number of nitrogens with zero attached hydrogens (tertiary/aromatic N) is 3. The van der Waals surface area contributed by atoms with Crippen molar-refractivity contribution in [2.75, 3.05) is 26.7 Å². The summed E-state index contributed by atoms with van der Waals surface area (Å²) in [4.78, 5) is 25.7. The van der Waals surface area contributed by atoms with Gasteiger partial charge < -0.3 is 14.6 Å². The van der Waals surface area contributed by atoms with E-state index in [0.717, 1.165) is 67.4 Å². The number of methoxy groups -OCH3 is 1. The van der Waals surface area contributed by atoms with Crippen LogP contribution in [0.25, 0.3) is 11.4 Å². The van der Waals surface area contributed by atoms with E-state index in [0.29, 0.717) is 6.54 Å². The Morgan fingerprint density at radius 2 is 2.22 bits per heavy atom. The second kappa shape index (κ2) is 7.72. The average Bonchev–Trinajstić information content (AvgIpc) is 3.16. The summed E-state index contributed by atoms with van der Waals surface area (Å²) in [7, 11) is 1.67. The number of aromatic nitrogens is 2. The van der Waals surface area contributed by atoms with Crippen LogP contribution in [-0.2, 0) is 17.8 Å². The number of carbonyl (C=O) groups is 1. The molecule has 1 aromatic carbocycles. The number of hydrogen-bond donors (Lipinski definition) is 1. The van der Waals surface area contributed by atoms with Gasteiger partial charge in [-0.1, -0.05) is 25.5 Å². The Morgan fingerprint density at radius 1 is 1.33 bits per heavy atom. The van der Waals surface area contributed by atoms with E-state index in [9.17, 15) is 4.79 Å². The fourth-order valence-electron chi connectivity index (χ4n) is 4.25. The highest BCUT2D eigenvalue weighted by atomic mass is 16.5. The van der Waals surface area contributed by atoms with E-state index in [1.54, 1.807) is 7.11 Å². The third-order valence-corrected chi connectivity index (χ3v) is 5.79. The van der Waals surface area contributed by atoms with Gasteiger partial charge in [-0.2, -0.15) is 0 Å². The molecule has 6 nitrogen and oxygen atoms in total. The van der Waals surface area contributed by atoms with Gasteiger partial charge in [0.25, 0.3) is 0 Å². The van der Waals surface area contributed by atoms with Gasteiger partial charge in [0, 0.05) is 18.5 Å². The molecule has 2 aliphatic rings. The van der Waals surface area contributed by atoms with Gasteiger partial charge in [-0.25, -0.2) is 4.98 Å². The molecular formula is C21H28N4O2. The molecule has 0 bridgehead atoms. The predicted octanol–water partition coefficient (Wildman–Crippen LogP) is 2.84. The van der Waals surface area contributed by atoms with Crippen molar-refractivity contribution in [1.29, 1.82) is 0 Å². The van der Waals surface area contributed by atoms with Crippen LogP contribution in [-0.4, -0.2) is 58.5 Å². The number of piperidine rings is 1. The first kappa shape index (κ1) is 18.0. The van der Waals surface area contributed by atoms with Crippen molar-refractivity contribution in [3.05, 3.63) is 35.7 Å². The van der Waals surface area contributed by atoms with Crippen molar-refractivity contribution < 1.29 is 9.53 Å². The summed E-state index contributed by atoms with van der Waals surface area (Å²) >= 11 is 0. The molecule has 0 saturated carbocycles. The average molecular weight is 368 g/mol. The number of amides is 1. The van der Waals surface area contributed by atoms with Crippen LogP contribution in [0.15, 0.2) is 24.3 Å². The topological polar surface area (TPSA) is 61.5 Å². The summed E-state index contributed by atoms with van der Waals surface area (Å²) < 4.78 is 5.32. The number of nitrogens with one attached hydrogen (secondary N) is 1. The summed E-state index contributed by atoms with van der Waals surface area (Å²) in [6, 6.07) is 7.95. The van der Waals surface area contributed by atoms with E-state index in [4.69, 9.17) is 9.72 Å². The van der Waals surface area contributed by atoms with Crippen molar-refractivity contribution in [3.63, 3.8) is 0 Å². The van der Waals surface area contributed by atoms with Crippen molar-refractivity contribution in [2.24, 2.45) is 0 Å². The molecule has 0 aliphatic carbocycles. The lowest BCUT2D eigenvalue weighted by Gasteiger charge is -2.38. The summed E-state index contributed by atoms with van der Waals surface area (Å²) in [6.45, 7) is 5.51. The molecule has 1 N–H and O–H groups in total. The van der Waals surface area contributed by atoms with Crippen molar-refractivity contribution >= 4 is 5.91 Å². The summed E-state index contributed by atoms with van der Waals surface area (Å²) in [5.74, 6) is 1.94. The number of benzene rings is 1. The number of carbonyl (C=O) groups excluding carboxylic acids is 1. The third-order valence-electron chi connectivity index (χ3n) is 5.79. The Bertz CT molecular complexity index is 816. The number of H-pyrrole nitrogens is 1. The minimum Gasteiger partial charge on any atom is -0.497 e. The molecule has 0 radical (unpaired) electrons. The summed E-state index contributed by atoms with van der Waals surface area (Å²) in [6.07, 6.45) is 4.14. The Balaban J connectivity index is 1.51. The minimum absolute atomic E-state index is 0.0473. The number of aromatic amines is 1. The highest BCUT2D eigenvalue weighted by molar-refractivity contribution is 5.82. The number of rotatable bonds is 4. The lowest BCUT2D eigenvalue weighted by Crippen LogP contribution is -2.51. The van der Waals surface area contributed by atoms with E-state index in [1.807, 2.05) is 29.2 Å². The maximum atomic E-state index is 13.1. The van der Waals surface area contributed by atoms with Gasteiger partial charge in [0.1, 0.15) is 11.6 Å². The molecule has 3 heterocycles. The van der Waals surface area contributed by atoms with E-state index in [2.05, 4.69) is 16.8 Å². The number of fused-ring (bicyclic) bond motifs is 1. The normalized spacial score (nSPS) is 20.4. The largest absolute Gasteiger partial charge is 0.497 e. The first-order valence-corrected chi connectivity index (χ1v) is 9.94. The Labute approximate surface area is 160 Å². The van der Waals surface area contributed by atoms with Crippen LogP contribution in [0.2, 0.25) is 0 Å². The van der Waals surface area contributed by atoms with Gasteiger partial charge in [0.2, 0.25) is 5.91 Å². The molecule has 1 saturated heterocycles. The molecule has 1 unspecified atom stereocenters. The Hall–Kier alpha value is -2.34. The van der Waals surface area contributed by atoms with Crippen molar-refractivity contribution in [3.8, 4) is 17.1 Å². The Morgan fingerprint density at radius 3 is 3.04 bits per heavy atom. The first-order chi connectivity index (χ1) is 13.2. The monoisotopic (exact) mass is 368 g/mol. The zero-order valence-electron chi connectivity index (χ0n) is 16.2. The molecule has 1 aromatic heterocycles. The smallest absolute Gasteiger partial charge is 0.240 e. The zero-order chi connectivity index (χ0) is 18.8. The molecule has 2 aliphatic heterocycles. The molecular weight excluding hydrogens is 340 g/mol. The number of likely N-dealkylation sites (N-methyl/N-ethyl adjacent to an activating group) is 1. The number of likely N-dealkylation sites (tertiary alicyclic amines) is 1. The second-order valence-electron chi connectivity index (χ2n) is 7.39. The first-order valence-electron chi connectivity index (χ1n) is 9.94. The van der Waals surface area contributed by atoms with E-state index >= 15 is 0 Å². The highest BCUT2D eigenvalue weighted by Gasteiger charge is 2.33. The Kier molecular flexibility index (Phi) is 5.16. The molecule has 1 fully saturated rings. The molecule has 1 atom stereocenters. The van der Waals surface area contributed by atoms with Crippen LogP contribution >= 0.6 is 0 Å². The maximum Gasteiger partial charge on any atom is 0.240 e. The van der Waals surface area contributed by atoms with Gasteiger partial charge >= 0.3 is 0 Å². The number of hydrogen-bond acceptors (Lipinski definition) is 4. The minimum atomic E-state index is 0.0473. The highest BCUT2D eigenvalue weighted by Crippen LogP contribution is 2.27. The van der Waals surface area contributed by atoms with Gasteiger partial charge in [-0.15, -0.1) is 0 Å². The molecule has 0 spiro atoms. The standard InChI is InChI=1S/C21H28N4O2/c1-3-24-11-5-4-9-19(24)21(26)25-12-10-17-18(14-25)23-20(22-17)15-7-6-8-16(13-15)27-2/h6-8,13,19H,3-5,9-12,14H2,1-2H3,(H,22,23). The molecule has 144 valence electrons. The molecule has 1 amide bonds. The zero-order valence-corrected chi connectivity index (χ0v) is 16.2. The SMILES string of the molecule is CCN1CCCCC1C(=O)N1CCc2nc(-c3cccc(OC)c3)[nH]c2C1. The van der Waals surface area contributed by atoms with Crippen LogP contribution in [0, 0.1) is 0 Å². The van der Waals surface area contributed by atoms with E-state index in [-0.39, 0.29) is 11.9 Å². The van der Waals surface area contributed by atoms with E-state index in [1.165, 1.54) is 6.42 Å².